The summed E-state index contributed by atoms with van der Waals surface area (Å²) >= 11 is 0. The lowest BCUT2D eigenvalue weighted by molar-refractivity contribution is -0.385. The summed E-state index contributed by atoms with van der Waals surface area (Å²) in [5.41, 5.74) is 0.129. The number of esters is 1. The number of aliphatic hydroxyl groups excluding tert-OH is 1. The van der Waals surface area contributed by atoms with E-state index in [9.17, 15) is 29.6 Å². The van der Waals surface area contributed by atoms with Crippen molar-refractivity contribution in [1.29, 1.82) is 0 Å². The lowest BCUT2D eigenvalue weighted by atomic mass is 10.0. The van der Waals surface area contributed by atoms with E-state index in [1.807, 2.05) is 0 Å². The highest BCUT2D eigenvalue weighted by Crippen LogP contribution is 2.28. The Balaban J connectivity index is 2.21. The van der Waals surface area contributed by atoms with E-state index in [2.05, 4.69) is 5.32 Å². The smallest absolute Gasteiger partial charge is 0.328 e. The third-order valence-corrected chi connectivity index (χ3v) is 4.67. The Kier molecular flexibility index (Phi) is 7.10. The number of likely N-dealkylation sites (tertiary alicyclic amines) is 1. The molecule has 1 aliphatic rings. The van der Waals surface area contributed by atoms with E-state index in [4.69, 9.17) is 9.47 Å². The van der Waals surface area contributed by atoms with Crippen molar-refractivity contribution in [2.75, 3.05) is 20.8 Å². The average molecular weight is 409 g/mol. The van der Waals surface area contributed by atoms with Gasteiger partial charge in [0.25, 0.3) is 0 Å². The molecule has 2 N–H and O–H groups in total. The second kappa shape index (κ2) is 9.32. The van der Waals surface area contributed by atoms with Gasteiger partial charge >= 0.3 is 11.7 Å². The van der Waals surface area contributed by atoms with Crippen LogP contribution in [-0.4, -0.2) is 71.7 Å². The fourth-order valence-corrected chi connectivity index (χ4v) is 3.25. The molecular formula is C18H23N3O8. The topological polar surface area (TPSA) is 148 Å². The van der Waals surface area contributed by atoms with Crippen LogP contribution in [0.5, 0.6) is 5.75 Å². The summed E-state index contributed by atoms with van der Waals surface area (Å²) in [6, 6.07) is 2.14. The van der Waals surface area contributed by atoms with Crippen LogP contribution < -0.4 is 10.1 Å². The van der Waals surface area contributed by atoms with E-state index in [1.165, 1.54) is 37.1 Å². The molecule has 29 heavy (non-hydrogen) atoms. The molecular weight excluding hydrogens is 386 g/mol. The van der Waals surface area contributed by atoms with Gasteiger partial charge in [-0.25, -0.2) is 4.79 Å². The molecule has 1 aromatic rings. The molecule has 11 nitrogen and oxygen atoms in total. The number of benzene rings is 1. The summed E-state index contributed by atoms with van der Waals surface area (Å²) in [5, 5.41) is 23.5. The lowest BCUT2D eigenvalue weighted by Crippen LogP contribution is -2.51. The normalized spacial score (nSPS) is 19.4. The third kappa shape index (κ3) is 5.19. The maximum atomic E-state index is 12.7. The second-order valence-corrected chi connectivity index (χ2v) is 6.63. The first-order valence-corrected chi connectivity index (χ1v) is 8.82. The Morgan fingerprint density at radius 3 is 2.62 bits per heavy atom. The summed E-state index contributed by atoms with van der Waals surface area (Å²) in [4.78, 5) is 48.3. The third-order valence-electron chi connectivity index (χ3n) is 4.67. The van der Waals surface area contributed by atoms with Gasteiger partial charge in [0.05, 0.1) is 25.2 Å². The van der Waals surface area contributed by atoms with Gasteiger partial charge in [-0.05, 0) is 11.6 Å². The number of nitro benzene ring substituents is 1. The lowest BCUT2D eigenvalue weighted by Gasteiger charge is -2.24. The number of methoxy groups -OCH3 is 2. The van der Waals surface area contributed by atoms with Gasteiger partial charge in [-0.15, -0.1) is 0 Å². The van der Waals surface area contributed by atoms with Gasteiger partial charge in [0, 0.05) is 32.4 Å². The van der Waals surface area contributed by atoms with Crippen molar-refractivity contribution in [3.63, 3.8) is 0 Å². The number of ether oxygens (including phenoxy) is 2. The number of aliphatic hydroxyl groups is 1. The van der Waals surface area contributed by atoms with E-state index < -0.39 is 35.0 Å². The maximum Gasteiger partial charge on any atom is 0.328 e. The number of rotatable bonds is 7. The number of nitrogens with zero attached hydrogens (tertiary/aromatic N) is 2. The number of nitro groups is 1. The first-order valence-electron chi connectivity index (χ1n) is 8.82. The molecule has 1 aliphatic heterocycles. The number of carbonyl (C=O) groups is 3. The molecule has 2 amide bonds. The van der Waals surface area contributed by atoms with Crippen LogP contribution >= 0.6 is 0 Å². The van der Waals surface area contributed by atoms with Crippen molar-refractivity contribution in [1.82, 2.24) is 10.2 Å². The SMILES string of the molecule is COC(=O)[C@@H](Cc1ccc(OC)c([N+](=O)[O-])c1)NC(=O)[C@@H]1C[C@@H](O)CN1C(C)=O. The van der Waals surface area contributed by atoms with Crippen LogP contribution in [0.4, 0.5) is 5.69 Å². The number of hydrogen-bond acceptors (Lipinski definition) is 8. The molecule has 0 aromatic heterocycles. The van der Waals surface area contributed by atoms with Gasteiger partial charge in [0.1, 0.15) is 12.1 Å². The molecule has 0 aliphatic carbocycles. The summed E-state index contributed by atoms with van der Waals surface area (Å²) < 4.78 is 9.67. The Labute approximate surface area is 166 Å². The number of hydrogen-bond donors (Lipinski definition) is 2. The van der Waals surface area contributed by atoms with E-state index in [0.29, 0.717) is 5.56 Å². The van der Waals surface area contributed by atoms with Crippen molar-refractivity contribution in [3.8, 4) is 5.75 Å². The number of carbonyl (C=O) groups excluding carboxylic acids is 3. The molecule has 0 bridgehead atoms. The monoisotopic (exact) mass is 409 g/mol. The Morgan fingerprint density at radius 2 is 2.07 bits per heavy atom. The molecule has 158 valence electrons. The molecule has 1 aromatic carbocycles. The van der Waals surface area contributed by atoms with Crippen molar-refractivity contribution >= 4 is 23.5 Å². The fraction of sp³-hybridized carbons (Fsp3) is 0.500. The van der Waals surface area contributed by atoms with Crippen LogP contribution in [0.2, 0.25) is 0 Å². The Morgan fingerprint density at radius 1 is 1.38 bits per heavy atom. The number of β-amino-alcohol motifs (C(OH)–C–C–N with tert-alkyl or cyclic N) is 1. The van der Waals surface area contributed by atoms with E-state index in [0.717, 1.165) is 7.11 Å². The molecule has 3 atom stereocenters. The summed E-state index contributed by atoms with van der Waals surface area (Å²) in [6.07, 6.45) is -0.859. The highest BCUT2D eigenvalue weighted by atomic mass is 16.6. The predicted molar refractivity (Wildman–Crippen MR) is 99.1 cm³/mol. The van der Waals surface area contributed by atoms with Gasteiger partial charge in [-0.1, -0.05) is 6.07 Å². The van der Waals surface area contributed by atoms with Crippen molar-refractivity contribution in [3.05, 3.63) is 33.9 Å². The molecule has 1 heterocycles. The molecule has 1 fully saturated rings. The van der Waals surface area contributed by atoms with Gasteiger partial charge in [0.15, 0.2) is 5.75 Å². The van der Waals surface area contributed by atoms with Gasteiger partial charge < -0.3 is 24.8 Å². The van der Waals surface area contributed by atoms with Crippen molar-refractivity contribution in [2.45, 2.75) is 38.0 Å². The molecule has 2 rings (SSSR count). The second-order valence-electron chi connectivity index (χ2n) is 6.63. The molecule has 11 heteroatoms. The highest BCUT2D eigenvalue weighted by Gasteiger charge is 2.39. The zero-order chi connectivity index (χ0) is 21.7. The van der Waals surface area contributed by atoms with Gasteiger partial charge in [-0.3, -0.25) is 19.7 Å². The maximum absolute atomic E-state index is 12.7. The van der Waals surface area contributed by atoms with Crippen LogP contribution in [0, 0.1) is 10.1 Å². The zero-order valence-electron chi connectivity index (χ0n) is 16.3. The van der Waals surface area contributed by atoms with Crippen LogP contribution in [0.3, 0.4) is 0 Å². The highest BCUT2D eigenvalue weighted by molar-refractivity contribution is 5.91. The Hall–Kier alpha value is -3.21. The van der Waals surface area contributed by atoms with Crippen LogP contribution in [0.25, 0.3) is 0 Å². The first kappa shape index (κ1) is 22.1. The van der Waals surface area contributed by atoms with Crippen molar-refractivity contribution < 1.29 is 33.9 Å². The predicted octanol–water partition coefficient (Wildman–Crippen LogP) is -0.215. The Bertz CT molecular complexity index is 812. The minimum atomic E-state index is -1.13. The molecule has 1 saturated heterocycles. The summed E-state index contributed by atoms with van der Waals surface area (Å²) in [6.45, 7) is 1.31. The minimum absolute atomic E-state index is 0.0288. The molecule has 0 saturated carbocycles. The minimum Gasteiger partial charge on any atom is -0.490 e. The molecule has 0 unspecified atom stereocenters. The van der Waals surface area contributed by atoms with Crippen LogP contribution in [-0.2, 0) is 25.5 Å². The van der Waals surface area contributed by atoms with E-state index in [-0.39, 0.29) is 36.7 Å². The quantitative estimate of drug-likeness (QED) is 0.357. The number of amides is 2. The van der Waals surface area contributed by atoms with Crippen LogP contribution in [0.15, 0.2) is 18.2 Å². The van der Waals surface area contributed by atoms with E-state index >= 15 is 0 Å². The largest absolute Gasteiger partial charge is 0.490 e. The van der Waals surface area contributed by atoms with Gasteiger partial charge in [0.2, 0.25) is 11.8 Å². The van der Waals surface area contributed by atoms with Crippen LogP contribution in [0.1, 0.15) is 18.9 Å². The molecule has 0 radical (unpaired) electrons. The standard InChI is InChI=1S/C18H23N3O8/c1-10(22)20-9-12(23)8-15(20)17(24)19-13(18(25)29-3)6-11-4-5-16(28-2)14(7-11)21(26)27/h4-5,7,12-13,15,23H,6,8-9H2,1-3H3,(H,19,24)/t12-,13-,15+/m1/s1. The summed E-state index contributed by atoms with van der Waals surface area (Å²) in [7, 11) is 2.45. The van der Waals surface area contributed by atoms with E-state index in [1.54, 1.807) is 0 Å². The number of nitrogens with one attached hydrogen (secondary N) is 1. The average Bonchev–Trinajstić information content (AvgIpc) is 3.08. The van der Waals surface area contributed by atoms with Crippen molar-refractivity contribution in [2.24, 2.45) is 0 Å². The fourth-order valence-electron chi connectivity index (χ4n) is 3.25. The zero-order valence-corrected chi connectivity index (χ0v) is 16.3. The van der Waals surface area contributed by atoms with Gasteiger partial charge in [-0.2, -0.15) is 0 Å². The molecule has 0 spiro atoms. The summed E-state index contributed by atoms with van der Waals surface area (Å²) in [5.74, 6) is -1.67. The first-order chi connectivity index (χ1) is 13.7.